The lowest BCUT2D eigenvalue weighted by Crippen LogP contribution is -2.23. The Balaban J connectivity index is 1.76. The lowest BCUT2D eigenvalue weighted by molar-refractivity contribution is 0.0978. The Morgan fingerprint density at radius 2 is 1.35 bits per heavy atom. The number of fused-ring (bicyclic) bond motifs is 2. The number of halogens is 1. The summed E-state index contributed by atoms with van der Waals surface area (Å²) in [6.07, 6.45) is 0. The average molecular weight is 345 g/mol. The molecular formula is C21H12FNO3. The van der Waals surface area contributed by atoms with Crippen molar-refractivity contribution in [3.63, 3.8) is 0 Å². The molecule has 1 aliphatic rings. The fourth-order valence-corrected chi connectivity index (χ4v) is 3.04. The van der Waals surface area contributed by atoms with Crippen LogP contribution in [0.1, 0.15) is 42.2 Å². The third-order valence-corrected chi connectivity index (χ3v) is 4.31. The quantitative estimate of drug-likeness (QED) is 0.600. The normalized spacial score (nSPS) is 12.3. The minimum atomic E-state index is -0.488. The van der Waals surface area contributed by atoms with Gasteiger partial charge in [0.05, 0.1) is 11.3 Å². The molecule has 1 amide bonds. The maximum atomic E-state index is 13.0. The van der Waals surface area contributed by atoms with Crippen LogP contribution in [0, 0.1) is 5.82 Å². The molecular weight excluding hydrogens is 333 g/mol. The molecule has 0 fully saturated rings. The van der Waals surface area contributed by atoms with Gasteiger partial charge in [-0.1, -0.05) is 36.4 Å². The lowest BCUT2D eigenvalue weighted by atomic mass is 9.83. The first-order valence-corrected chi connectivity index (χ1v) is 7.94. The van der Waals surface area contributed by atoms with Crippen molar-refractivity contribution in [3.8, 4) is 0 Å². The predicted molar refractivity (Wildman–Crippen MR) is 94.1 cm³/mol. The Morgan fingerprint density at radius 3 is 2.04 bits per heavy atom. The Bertz CT molecular complexity index is 1070. The summed E-state index contributed by atoms with van der Waals surface area (Å²) in [5.41, 5.74) is 1.60. The molecule has 26 heavy (non-hydrogen) atoms. The van der Waals surface area contributed by atoms with E-state index in [1.807, 2.05) is 0 Å². The number of hydrogen-bond donors (Lipinski definition) is 1. The number of benzene rings is 3. The van der Waals surface area contributed by atoms with Crippen molar-refractivity contribution >= 4 is 23.2 Å². The highest BCUT2D eigenvalue weighted by molar-refractivity contribution is 6.30. The summed E-state index contributed by atoms with van der Waals surface area (Å²) < 4.78 is 13.0. The molecule has 0 saturated heterocycles. The van der Waals surface area contributed by atoms with E-state index in [1.165, 1.54) is 24.3 Å². The molecule has 1 N–H and O–H groups in total. The number of rotatable bonds is 2. The number of amides is 1. The van der Waals surface area contributed by atoms with E-state index in [1.54, 1.807) is 42.5 Å². The van der Waals surface area contributed by atoms with Crippen LogP contribution >= 0.6 is 0 Å². The van der Waals surface area contributed by atoms with Crippen LogP contribution in [0.15, 0.2) is 66.7 Å². The molecule has 0 spiro atoms. The molecule has 5 heteroatoms. The van der Waals surface area contributed by atoms with Crippen LogP contribution in [0.25, 0.3) is 0 Å². The molecule has 1 aliphatic carbocycles. The van der Waals surface area contributed by atoms with E-state index < -0.39 is 11.7 Å². The highest BCUT2D eigenvalue weighted by Gasteiger charge is 2.31. The Hall–Kier alpha value is -3.60. The minimum absolute atomic E-state index is 0.173. The van der Waals surface area contributed by atoms with Crippen molar-refractivity contribution in [2.75, 3.05) is 5.32 Å². The summed E-state index contributed by atoms with van der Waals surface area (Å²) in [5, 5.41) is 2.65. The van der Waals surface area contributed by atoms with Crippen molar-refractivity contribution in [2.24, 2.45) is 0 Å². The van der Waals surface area contributed by atoms with Gasteiger partial charge < -0.3 is 5.32 Å². The van der Waals surface area contributed by atoms with Gasteiger partial charge in [0.2, 0.25) is 0 Å². The maximum Gasteiger partial charge on any atom is 0.255 e. The maximum absolute atomic E-state index is 13.0. The summed E-state index contributed by atoms with van der Waals surface area (Å²) in [5.74, 6) is -1.51. The smallest absolute Gasteiger partial charge is 0.255 e. The largest absolute Gasteiger partial charge is 0.321 e. The molecule has 0 aromatic heterocycles. The molecule has 0 radical (unpaired) electrons. The molecule has 0 heterocycles. The summed E-state index contributed by atoms with van der Waals surface area (Å²) in [6, 6.07) is 16.4. The molecule has 0 atom stereocenters. The lowest BCUT2D eigenvalue weighted by Gasteiger charge is -2.20. The van der Waals surface area contributed by atoms with Gasteiger partial charge in [-0.25, -0.2) is 4.39 Å². The average Bonchev–Trinajstić information content (AvgIpc) is 2.66. The van der Waals surface area contributed by atoms with Gasteiger partial charge in [-0.3, -0.25) is 14.4 Å². The Labute approximate surface area is 148 Å². The van der Waals surface area contributed by atoms with E-state index in [-0.39, 0.29) is 33.9 Å². The van der Waals surface area contributed by atoms with Crippen LogP contribution in [0.2, 0.25) is 0 Å². The second kappa shape index (κ2) is 6.04. The van der Waals surface area contributed by atoms with E-state index in [9.17, 15) is 18.8 Å². The Morgan fingerprint density at radius 1 is 0.731 bits per heavy atom. The van der Waals surface area contributed by atoms with Crippen LogP contribution in [0.4, 0.5) is 10.1 Å². The number of hydrogen-bond acceptors (Lipinski definition) is 3. The van der Waals surface area contributed by atoms with Crippen molar-refractivity contribution < 1.29 is 18.8 Å². The molecule has 0 aliphatic heterocycles. The highest BCUT2D eigenvalue weighted by Crippen LogP contribution is 2.32. The summed E-state index contributed by atoms with van der Waals surface area (Å²) in [7, 11) is 0. The molecule has 0 saturated carbocycles. The van der Waals surface area contributed by atoms with E-state index in [0.29, 0.717) is 11.1 Å². The first kappa shape index (κ1) is 15.9. The van der Waals surface area contributed by atoms with Crippen molar-refractivity contribution in [2.45, 2.75) is 0 Å². The first-order valence-electron chi connectivity index (χ1n) is 7.94. The zero-order chi connectivity index (χ0) is 18.3. The van der Waals surface area contributed by atoms with Gasteiger partial charge >= 0.3 is 0 Å². The zero-order valence-electron chi connectivity index (χ0n) is 13.5. The topological polar surface area (TPSA) is 63.2 Å². The fraction of sp³-hybridized carbons (Fsp3) is 0. The van der Waals surface area contributed by atoms with Crippen molar-refractivity contribution in [1.82, 2.24) is 0 Å². The van der Waals surface area contributed by atoms with Crippen LogP contribution in [0.3, 0.4) is 0 Å². The molecule has 3 aromatic carbocycles. The van der Waals surface area contributed by atoms with E-state index in [0.717, 1.165) is 0 Å². The van der Waals surface area contributed by atoms with E-state index in [2.05, 4.69) is 5.32 Å². The van der Waals surface area contributed by atoms with Crippen LogP contribution in [-0.4, -0.2) is 17.5 Å². The zero-order valence-corrected chi connectivity index (χ0v) is 13.5. The van der Waals surface area contributed by atoms with Crippen LogP contribution < -0.4 is 5.32 Å². The van der Waals surface area contributed by atoms with Crippen LogP contribution in [0.5, 0.6) is 0 Å². The van der Waals surface area contributed by atoms with E-state index >= 15 is 0 Å². The van der Waals surface area contributed by atoms with Gasteiger partial charge in [0.15, 0.2) is 11.6 Å². The van der Waals surface area contributed by atoms with E-state index in [4.69, 9.17) is 0 Å². The third-order valence-electron chi connectivity index (χ3n) is 4.31. The highest BCUT2D eigenvalue weighted by atomic mass is 19.1. The summed E-state index contributed by atoms with van der Waals surface area (Å²) in [6.45, 7) is 0. The van der Waals surface area contributed by atoms with Gasteiger partial charge in [0, 0.05) is 22.3 Å². The third kappa shape index (κ3) is 2.50. The van der Waals surface area contributed by atoms with Gasteiger partial charge in [-0.2, -0.15) is 0 Å². The monoisotopic (exact) mass is 345 g/mol. The molecule has 0 unspecified atom stereocenters. The minimum Gasteiger partial charge on any atom is -0.321 e. The van der Waals surface area contributed by atoms with Gasteiger partial charge in [-0.05, 0) is 30.3 Å². The van der Waals surface area contributed by atoms with Gasteiger partial charge in [0.1, 0.15) is 5.82 Å². The number of carbonyl (C=O) groups is 3. The molecule has 126 valence electrons. The number of carbonyl (C=O) groups excluding carboxylic acids is 3. The fourth-order valence-electron chi connectivity index (χ4n) is 3.04. The second-order valence-electron chi connectivity index (χ2n) is 5.89. The first-order chi connectivity index (χ1) is 12.6. The number of anilines is 1. The predicted octanol–water partition coefficient (Wildman–Crippen LogP) is 3.85. The standard InChI is InChI=1S/C21H12FNO3/c22-13-10-8-12(9-11-13)21(26)23-17-7-3-6-16-18(17)20(25)15-5-2-1-4-14(15)19(16)24/h1-11H,(H,23,26). The number of nitrogens with one attached hydrogen (secondary N) is 1. The molecule has 3 aromatic rings. The van der Waals surface area contributed by atoms with Gasteiger partial charge in [0.25, 0.3) is 5.91 Å². The van der Waals surface area contributed by atoms with Gasteiger partial charge in [-0.15, -0.1) is 0 Å². The Kier molecular flexibility index (Phi) is 3.69. The second-order valence-corrected chi connectivity index (χ2v) is 5.89. The molecule has 4 rings (SSSR count). The summed E-state index contributed by atoms with van der Waals surface area (Å²) in [4.78, 5) is 38.0. The van der Waals surface area contributed by atoms with Crippen molar-refractivity contribution in [3.05, 3.63) is 100 Å². The molecule has 4 nitrogen and oxygen atoms in total. The number of ketones is 2. The molecule has 0 bridgehead atoms. The van der Waals surface area contributed by atoms with Crippen LogP contribution in [-0.2, 0) is 0 Å². The SMILES string of the molecule is O=C(Nc1cccc2c1C(=O)c1ccccc1C2=O)c1ccc(F)cc1. The summed E-state index contributed by atoms with van der Waals surface area (Å²) >= 11 is 0. The van der Waals surface area contributed by atoms with Crippen molar-refractivity contribution in [1.29, 1.82) is 0 Å².